The molecule has 1 saturated heterocycles. The van der Waals surface area contributed by atoms with E-state index in [2.05, 4.69) is 46.4 Å². The molecule has 1 aliphatic carbocycles. The Morgan fingerprint density at radius 2 is 2.00 bits per heavy atom. The van der Waals surface area contributed by atoms with E-state index in [9.17, 15) is 0 Å². The van der Waals surface area contributed by atoms with Crippen LogP contribution in [-0.4, -0.2) is 27.7 Å². The van der Waals surface area contributed by atoms with Crippen LogP contribution in [0.15, 0.2) is 30.5 Å². The van der Waals surface area contributed by atoms with Gasteiger partial charge >= 0.3 is 0 Å². The first-order valence-electron chi connectivity index (χ1n) is 8.98. The first kappa shape index (κ1) is 15.4. The zero-order valence-electron chi connectivity index (χ0n) is 13.9. The Hall–Kier alpha value is -2.12. The molecule has 2 aromatic rings. The summed E-state index contributed by atoms with van der Waals surface area (Å²) in [5, 5.41) is 8.54. The molecule has 1 aromatic carbocycles. The van der Waals surface area contributed by atoms with E-state index in [0.29, 0.717) is 0 Å². The third kappa shape index (κ3) is 4.04. The lowest BCUT2D eigenvalue weighted by molar-refractivity contribution is 0.00370. The summed E-state index contributed by atoms with van der Waals surface area (Å²) in [5.41, 5.74) is 3.06. The van der Waals surface area contributed by atoms with Gasteiger partial charge in [0.25, 0.3) is 0 Å². The standard InChI is InChI=1S/C20H23N3O/c1-2-13-24-19(6-1)14-23-15-20(21-22-23)18-11-9-17(10-12-18)5-3-4-16-7-8-16/h9-12,15-16,19H,1-2,4,6-8,13-14H2/t19-/m1/s1. The Kier molecular flexibility index (Phi) is 4.62. The number of hydrogen-bond donors (Lipinski definition) is 0. The van der Waals surface area contributed by atoms with Gasteiger partial charge in [-0.1, -0.05) is 29.2 Å². The lowest BCUT2D eigenvalue weighted by atomic mass is 10.1. The SMILES string of the molecule is C(#Cc1ccc(-c2cn(C[C@H]3CCCCO3)nn2)cc1)CC1CC1. The highest BCUT2D eigenvalue weighted by Gasteiger charge is 2.19. The van der Waals surface area contributed by atoms with Gasteiger partial charge in [-0.2, -0.15) is 0 Å². The van der Waals surface area contributed by atoms with Crippen molar-refractivity contribution >= 4 is 0 Å². The number of rotatable bonds is 4. The van der Waals surface area contributed by atoms with Crippen LogP contribution < -0.4 is 0 Å². The molecule has 0 unspecified atom stereocenters. The maximum absolute atomic E-state index is 5.77. The molecule has 1 saturated carbocycles. The summed E-state index contributed by atoms with van der Waals surface area (Å²) < 4.78 is 7.66. The highest BCUT2D eigenvalue weighted by atomic mass is 16.5. The zero-order chi connectivity index (χ0) is 16.2. The topological polar surface area (TPSA) is 39.9 Å². The first-order valence-corrected chi connectivity index (χ1v) is 8.98. The molecule has 2 aliphatic rings. The van der Waals surface area contributed by atoms with Gasteiger partial charge in [-0.15, -0.1) is 5.10 Å². The van der Waals surface area contributed by atoms with Crippen LogP contribution in [0.2, 0.25) is 0 Å². The van der Waals surface area contributed by atoms with Gasteiger partial charge in [-0.25, -0.2) is 4.68 Å². The Labute approximate surface area is 143 Å². The Balaban J connectivity index is 1.38. The number of benzene rings is 1. The largest absolute Gasteiger partial charge is 0.376 e. The average Bonchev–Trinajstić information content (AvgIpc) is 3.33. The van der Waals surface area contributed by atoms with Gasteiger partial charge in [0, 0.05) is 24.2 Å². The van der Waals surface area contributed by atoms with Gasteiger partial charge in [0.15, 0.2) is 0 Å². The molecule has 4 nitrogen and oxygen atoms in total. The van der Waals surface area contributed by atoms with Crippen LogP contribution in [0.1, 0.15) is 44.1 Å². The average molecular weight is 321 g/mol. The van der Waals surface area contributed by atoms with Gasteiger partial charge < -0.3 is 4.74 Å². The summed E-state index contributed by atoms with van der Waals surface area (Å²) in [5.74, 6) is 7.38. The Bertz CT molecular complexity index is 728. The molecule has 4 heteroatoms. The van der Waals surface area contributed by atoms with Crippen LogP contribution in [0.25, 0.3) is 11.3 Å². The fourth-order valence-corrected chi connectivity index (χ4v) is 3.02. The van der Waals surface area contributed by atoms with Gasteiger partial charge in [-0.3, -0.25) is 0 Å². The van der Waals surface area contributed by atoms with E-state index in [1.54, 1.807) is 0 Å². The summed E-state index contributed by atoms with van der Waals surface area (Å²) in [4.78, 5) is 0. The molecule has 1 atom stereocenters. The fourth-order valence-electron chi connectivity index (χ4n) is 3.02. The Morgan fingerprint density at radius 3 is 2.75 bits per heavy atom. The first-order chi connectivity index (χ1) is 11.9. The second kappa shape index (κ2) is 7.19. The predicted molar refractivity (Wildman–Crippen MR) is 93.3 cm³/mol. The lowest BCUT2D eigenvalue weighted by Gasteiger charge is -2.21. The van der Waals surface area contributed by atoms with Crippen LogP contribution in [0.5, 0.6) is 0 Å². The molecule has 24 heavy (non-hydrogen) atoms. The lowest BCUT2D eigenvalue weighted by Crippen LogP contribution is -2.24. The van der Waals surface area contributed by atoms with Crippen molar-refractivity contribution in [1.82, 2.24) is 15.0 Å². The van der Waals surface area contributed by atoms with E-state index in [1.807, 2.05) is 10.9 Å². The molecule has 2 heterocycles. The second-order valence-electron chi connectivity index (χ2n) is 6.84. The van der Waals surface area contributed by atoms with Crippen molar-refractivity contribution in [1.29, 1.82) is 0 Å². The van der Waals surface area contributed by atoms with Crippen molar-refractivity contribution in [3.05, 3.63) is 36.0 Å². The summed E-state index contributed by atoms with van der Waals surface area (Å²) in [6.45, 7) is 1.66. The second-order valence-corrected chi connectivity index (χ2v) is 6.84. The van der Waals surface area contributed by atoms with Crippen molar-refractivity contribution in [2.75, 3.05) is 6.61 Å². The van der Waals surface area contributed by atoms with E-state index in [0.717, 1.165) is 48.7 Å². The molecule has 2 fully saturated rings. The van der Waals surface area contributed by atoms with Crippen molar-refractivity contribution in [3.8, 4) is 23.1 Å². The number of hydrogen-bond acceptors (Lipinski definition) is 3. The van der Waals surface area contributed by atoms with Crippen molar-refractivity contribution in [2.24, 2.45) is 5.92 Å². The molecule has 0 amide bonds. The summed E-state index contributed by atoms with van der Waals surface area (Å²) in [7, 11) is 0. The van der Waals surface area contributed by atoms with Crippen LogP contribution >= 0.6 is 0 Å². The molecule has 1 aliphatic heterocycles. The molecule has 0 spiro atoms. The molecular weight excluding hydrogens is 298 g/mol. The third-order valence-corrected chi connectivity index (χ3v) is 4.70. The molecular formula is C20H23N3O. The van der Waals surface area contributed by atoms with Crippen LogP contribution in [0.3, 0.4) is 0 Å². The van der Waals surface area contributed by atoms with Gasteiger partial charge in [-0.05, 0) is 50.2 Å². The number of nitrogens with zero attached hydrogens (tertiary/aromatic N) is 3. The number of aromatic nitrogens is 3. The van der Waals surface area contributed by atoms with Crippen LogP contribution in [-0.2, 0) is 11.3 Å². The molecule has 4 rings (SSSR count). The molecule has 124 valence electrons. The summed E-state index contributed by atoms with van der Waals surface area (Å²) in [6, 6.07) is 8.29. The highest BCUT2D eigenvalue weighted by Crippen LogP contribution is 2.31. The Morgan fingerprint density at radius 1 is 1.12 bits per heavy atom. The van der Waals surface area contributed by atoms with E-state index >= 15 is 0 Å². The van der Waals surface area contributed by atoms with Crippen molar-refractivity contribution in [2.45, 2.75) is 51.2 Å². The van der Waals surface area contributed by atoms with E-state index in [1.165, 1.54) is 25.7 Å². The fraction of sp³-hybridized carbons (Fsp3) is 0.500. The maximum Gasteiger partial charge on any atom is 0.113 e. The number of ether oxygens (including phenoxy) is 1. The van der Waals surface area contributed by atoms with Crippen LogP contribution in [0.4, 0.5) is 0 Å². The smallest absolute Gasteiger partial charge is 0.113 e. The maximum atomic E-state index is 5.77. The highest BCUT2D eigenvalue weighted by molar-refractivity contribution is 5.59. The quantitative estimate of drug-likeness (QED) is 0.807. The van der Waals surface area contributed by atoms with E-state index < -0.39 is 0 Å². The molecule has 0 radical (unpaired) electrons. The van der Waals surface area contributed by atoms with Gasteiger partial charge in [0.1, 0.15) is 5.69 Å². The normalized spacial score (nSPS) is 20.4. The summed E-state index contributed by atoms with van der Waals surface area (Å²) in [6.07, 6.45) is 9.57. The van der Waals surface area contributed by atoms with Gasteiger partial charge in [0.05, 0.1) is 18.8 Å². The van der Waals surface area contributed by atoms with Crippen LogP contribution in [0, 0.1) is 17.8 Å². The summed E-state index contributed by atoms with van der Waals surface area (Å²) >= 11 is 0. The minimum Gasteiger partial charge on any atom is -0.376 e. The van der Waals surface area contributed by atoms with Gasteiger partial charge in [0.2, 0.25) is 0 Å². The monoisotopic (exact) mass is 321 g/mol. The van der Waals surface area contributed by atoms with Crippen molar-refractivity contribution in [3.63, 3.8) is 0 Å². The van der Waals surface area contributed by atoms with E-state index in [4.69, 9.17) is 4.74 Å². The third-order valence-electron chi connectivity index (χ3n) is 4.70. The molecule has 0 bridgehead atoms. The minimum atomic E-state index is 0.275. The zero-order valence-corrected chi connectivity index (χ0v) is 13.9. The van der Waals surface area contributed by atoms with E-state index in [-0.39, 0.29) is 6.10 Å². The predicted octanol–water partition coefficient (Wildman–Crippen LogP) is 3.67. The minimum absolute atomic E-state index is 0.275. The molecule has 0 N–H and O–H groups in total. The van der Waals surface area contributed by atoms with Crippen molar-refractivity contribution < 1.29 is 4.74 Å². The molecule has 1 aromatic heterocycles.